The SMILES string of the molecule is Cc1cc(C(=O)NC(C)CCN)ccc1O. The van der Waals surface area contributed by atoms with Crippen molar-refractivity contribution < 1.29 is 9.90 Å². The predicted molar refractivity (Wildman–Crippen MR) is 63.4 cm³/mol. The first-order valence-electron chi connectivity index (χ1n) is 5.35. The number of benzene rings is 1. The third-order valence-corrected chi connectivity index (χ3v) is 2.44. The lowest BCUT2D eigenvalue weighted by Gasteiger charge is -2.13. The average Bonchev–Trinajstić information content (AvgIpc) is 2.22. The van der Waals surface area contributed by atoms with Gasteiger partial charge in [0, 0.05) is 11.6 Å². The van der Waals surface area contributed by atoms with E-state index >= 15 is 0 Å². The molecule has 4 nitrogen and oxygen atoms in total. The number of aryl methyl sites for hydroxylation is 1. The molecule has 0 aliphatic heterocycles. The third-order valence-electron chi connectivity index (χ3n) is 2.44. The highest BCUT2D eigenvalue weighted by molar-refractivity contribution is 5.94. The first kappa shape index (κ1) is 12.5. The summed E-state index contributed by atoms with van der Waals surface area (Å²) in [5, 5.41) is 12.2. The predicted octanol–water partition coefficient (Wildman–Crippen LogP) is 1.17. The molecule has 1 rings (SSSR count). The fraction of sp³-hybridized carbons (Fsp3) is 0.417. The van der Waals surface area contributed by atoms with Crippen molar-refractivity contribution in [2.75, 3.05) is 6.54 Å². The molecule has 0 spiro atoms. The van der Waals surface area contributed by atoms with Gasteiger partial charge in [0.15, 0.2) is 0 Å². The summed E-state index contributed by atoms with van der Waals surface area (Å²) >= 11 is 0. The van der Waals surface area contributed by atoms with Crippen molar-refractivity contribution >= 4 is 5.91 Å². The van der Waals surface area contributed by atoms with E-state index in [9.17, 15) is 9.90 Å². The van der Waals surface area contributed by atoms with Gasteiger partial charge in [-0.2, -0.15) is 0 Å². The Bertz CT molecular complexity index is 377. The maximum Gasteiger partial charge on any atom is 0.251 e. The van der Waals surface area contributed by atoms with Crippen LogP contribution in [0.5, 0.6) is 5.75 Å². The summed E-state index contributed by atoms with van der Waals surface area (Å²) in [6.07, 6.45) is 0.753. The number of nitrogens with two attached hydrogens (primary N) is 1. The Balaban J connectivity index is 2.69. The van der Waals surface area contributed by atoms with E-state index in [-0.39, 0.29) is 17.7 Å². The van der Waals surface area contributed by atoms with E-state index in [0.29, 0.717) is 17.7 Å². The molecule has 16 heavy (non-hydrogen) atoms. The molecule has 0 aliphatic rings. The lowest BCUT2D eigenvalue weighted by atomic mass is 10.1. The molecule has 0 fully saturated rings. The number of hydrogen-bond donors (Lipinski definition) is 3. The number of phenolic OH excluding ortho intramolecular Hbond substituents is 1. The van der Waals surface area contributed by atoms with Crippen LogP contribution in [0.3, 0.4) is 0 Å². The minimum absolute atomic E-state index is 0.0617. The molecule has 1 aromatic rings. The van der Waals surface area contributed by atoms with Crippen LogP contribution in [0.15, 0.2) is 18.2 Å². The minimum atomic E-state index is -0.135. The van der Waals surface area contributed by atoms with Crippen LogP contribution < -0.4 is 11.1 Å². The second-order valence-electron chi connectivity index (χ2n) is 3.95. The van der Waals surface area contributed by atoms with Gasteiger partial charge < -0.3 is 16.2 Å². The molecule has 1 aromatic carbocycles. The van der Waals surface area contributed by atoms with Gasteiger partial charge in [-0.3, -0.25) is 4.79 Å². The van der Waals surface area contributed by atoms with Gasteiger partial charge in [0.25, 0.3) is 5.91 Å². The zero-order valence-corrected chi connectivity index (χ0v) is 9.66. The zero-order chi connectivity index (χ0) is 12.1. The number of aromatic hydroxyl groups is 1. The molecule has 0 bridgehead atoms. The summed E-state index contributed by atoms with van der Waals surface area (Å²) in [5.41, 5.74) is 6.65. The van der Waals surface area contributed by atoms with Crippen molar-refractivity contribution in [1.82, 2.24) is 5.32 Å². The van der Waals surface area contributed by atoms with Crippen molar-refractivity contribution in [3.8, 4) is 5.75 Å². The number of nitrogens with one attached hydrogen (secondary N) is 1. The first-order valence-corrected chi connectivity index (χ1v) is 5.35. The van der Waals surface area contributed by atoms with Crippen LogP contribution >= 0.6 is 0 Å². The highest BCUT2D eigenvalue weighted by Crippen LogP contribution is 2.16. The smallest absolute Gasteiger partial charge is 0.251 e. The molecule has 0 saturated carbocycles. The van der Waals surface area contributed by atoms with Crippen LogP contribution in [-0.4, -0.2) is 23.6 Å². The van der Waals surface area contributed by atoms with Crippen LogP contribution in [-0.2, 0) is 0 Å². The summed E-state index contributed by atoms with van der Waals surface area (Å²) in [4.78, 5) is 11.8. The molecule has 1 amide bonds. The molecular weight excluding hydrogens is 204 g/mol. The van der Waals surface area contributed by atoms with Crippen molar-refractivity contribution in [1.29, 1.82) is 0 Å². The average molecular weight is 222 g/mol. The van der Waals surface area contributed by atoms with Crippen LogP contribution in [0.2, 0.25) is 0 Å². The molecule has 0 radical (unpaired) electrons. The van der Waals surface area contributed by atoms with Crippen molar-refractivity contribution in [2.24, 2.45) is 5.73 Å². The maximum atomic E-state index is 11.8. The van der Waals surface area contributed by atoms with Crippen LogP contribution in [0.4, 0.5) is 0 Å². The number of carbonyl (C=O) groups is 1. The number of rotatable bonds is 4. The number of hydrogen-bond acceptors (Lipinski definition) is 3. The fourth-order valence-corrected chi connectivity index (χ4v) is 1.43. The normalized spacial score (nSPS) is 12.2. The van der Waals surface area contributed by atoms with E-state index in [1.807, 2.05) is 6.92 Å². The van der Waals surface area contributed by atoms with Crippen LogP contribution in [0, 0.1) is 6.92 Å². The van der Waals surface area contributed by atoms with Gasteiger partial charge in [-0.25, -0.2) is 0 Å². The summed E-state index contributed by atoms with van der Waals surface area (Å²) in [5.74, 6) is 0.0654. The van der Waals surface area contributed by atoms with E-state index in [1.165, 1.54) is 6.07 Å². The quantitative estimate of drug-likeness (QED) is 0.715. The number of phenols is 1. The molecule has 0 saturated heterocycles. The van der Waals surface area contributed by atoms with Crippen molar-refractivity contribution in [2.45, 2.75) is 26.3 Å². The Labute approximate surface area is 95.5 Å². The molecule has 4 N–H and O–H groups in total. The lowest BCUT2D eigenvalue weighted by Crippen LogP contribution is -2.34. The third kappa shape index (κ3) is 3.24. The summed E-state index contributed by atoms with van der Waals surface area (Å²) in [6, 6.07) is 4.86. The molecular formula is C12H18N2O2. The van der Waals surface area contributed by atoms with Crippen LogP contribution in [0.25, 0.3) is 0 Å². The lowest BCUT2D eigenvalue weighted by molar-refractivity contribution is 0.0939. The van der Waals surface area contributed by atoms with Gasteiger partial charge in [-0.1, -0.05) is 0 Å². The first-order chi connectivity index (χ1) is 7.54. The van der Waals surface area contributed by atoms with Gasteiger partial charge in [0.2, 0.25) is 0 Å². The minimum Gasteiger partial charge on any atom is -0.508 e. The van der Waals surface area contributed by atoms with E-state index in [2.05, 4.69) is 5.32 Å². The molecule has 0 aliphatic carbocycles. The van der Waals surface area contributed by atoms with Gasteiger partial charge in [0.05, 0.1) is 0 Å². The Morgan fingerprint density at radius 1 is 1.56 bits per heavy atom. The summed E-state index contributed by atoms with van der Waals surface area (Å²) in [6.45, 7) is 4.23. The van der Waals surface area contributed by atoms with E-state index in [4.69, 9.17) is 5.73 Å². The maximum absolute atomic E-state index is 11.8. The topological polar surface area (TPSA) is 75.4 Å². The molecule has 1 unspecified atom stereocenters. The van der Waals surface area contributed by atoms with Gasteiger partial charge in [0.1, 0.15) is 5.75 Å². The largest absolute Gasteiger partial charge is 0.508 e. The highest BCUT2D eigenvalue weighted by atomic mass is 16.3. The zero-order valence-electron chi connectivity index (χ0n) is 9.66. The van der Waals surface area contributed by atoms with Gasteiger partial charge in [-0.05, 0) is 50.6 Å². The second kappa shape index (κ2) is 5.51. The van der Waals surface area contributed by atoms with Crippen molar-refractivity contribution in [3.63, 3.8) is 0 Å². The molecule has 88 valence electrons. The Hall–Kier alpha value is -1.55. The molecule has 1 atom stereocenters. The van der Waals surface area contributed by atoms with Crippen molar-refractivity contribution in [3.05, 3.63) is 29.3 Å². The van der Waals surface area contributed by atoms with Gasteiger partial charge >= 0.3 is 0 Å². The summed E-state index contributed by atoms with van der Waals surface area (Å²) in [7, 11) is 0. The monoisotopic (exact) mass is 222 g/mol. The summed E-state index contributed by atoms with van der Waals surface area (Å²) < 4.78 is 0. The number of carbonyl (C=O) groups excluding carboxylic acids is 1. The second-order valence-corrected chi connectivity index (χ2v) is 3.95. The molecule has 0 aromatic heterocycles. The Morgan fingerprint density at radius 3 is 2.81 bits per heavy atom. The van der Waals surface area contributed by atoms with E-state index in [1.54, 1.807) is 19.1 Å². The van der Waals surface area contributed by atoms with Crippen LogP contribution in [0.1, 0.15) is 29.3 Å². The fourth-order valence-electron chi connectivity index (χ4n) is 1.43. The molecule has 4 heteroatoms. The van der Waals surface area contributed by atoms with Gasteiger partial charge in [-0.15, -0.1) is 0 Å². The Morgan fingerprint density at radius 2 is 2.25 bits per heavy atom. The molecule has 0 heterocycles. The van der Waals surface area contributed by atoms with E-state index < -0.39 is 0 Å². The standard InChI is InChI=1S/C12H18N2O2/c1-8-7-10(3-4-11(8)15)12(16)14-9(2)5-6-13/h3-4,7,9,15H,5-6,13H2,1-2H3,(H,14,16). The highest BCUT2D eigenvalue weighted by Gasteiger charge is 2.10. The van der Waals surface area contributed by atoms with E-state index in [0.717, 1.165) is 6.42 Å². The number of amides is 1. The Kier molecular flexibility index (Phi) is 4.31.